The topological polar surface area (TPSA) is 78.0 Å². The lowest BCUT2D eigenvalue weighted by Gasteiger charge is -2.14. The highest BCUT2D eigenvalue weighted by atomic mass is 15.2. The van der Waals surface area contributed by atoms with Gasteiger partial charge in [0, 0.05) is 19.5 Å². The summed E-state index contributed by atoms with van der Waals surface area (Å²) in [5.41, 5.74) is 3.44. The van der Waals surface area contributed by atoms with E-state index in [9.17, 15) is 0 Å². The van der Waals surface area contributed by atoms with Crippen LogP contribution >= 0.6 is 0 Å². The Kier molecular flexibility index (Phi) is 4.54. The molecule has 0 fully saturated rings. The lowest BCUT2D eigenvalue weighted by Crippen LogP contribution is -2.20. The van der Waals surface area contributed by atoms with E-state index >= 15 is 0 Å². The van der Waals surface area contributed by atoms with E-state index in [2.05, 4.69) is 16.5 Å². The van der Waals surface area contributed by atoms with Crippen molar-refractivity contribution >= 4 is 5.82 Å². The molecule has 0 spiro atoms. The van der Waals surface area contributed by atoms with E-state index in [1.807, 2.05) is 24.1 Å². The standard InChI is InChI=1S/C10H15N5/c1-15(7-3-6-11)8-9-4-2-5-10(13-9)14-12/h2,4-5H,3,7-8,12H2,1H3,(H,13,14). The lowest BCUT2D eigenvalue weighted by molar-refractivity contribution is 0.331. The van der Waals surface area contributed by atoms with Gasteiger partial charge in [0.25, 0.3) is 0 Å². The summed E-state index contributed by atoms with van der Waals surface area (Å²) in [4.78, 5) is 6.33. The Hall–Kier alpha value is -1.64. The average Bonchev–Trinajstić information content (AvgIpc) is 2.26. The van der Waals surface area contributed by atoms with Crippen LogP contribution in [0.15, 0.2) is 18.2 Å². The van der Waals surface area contributed by atoms with Crippen molar-refractivity contribution in [3.63, 3.8) is 0 Å². The van der Waals surface area contributed by atoms with Crippen molar-refractivity contribution in [3.05, 3.63) is 23.9 Å². The van der Waals surface area contributed by atoms with Crippen molar-refractivity contribution in [1.29, 1.82) is 5.26 Å². The summed E-state index contributed by atoms with van der Waals surface area (Å²) in [6, 6.07) is 7.75. The number of nitrogen functional groups attached to an aromatic ring is 1. The van der Waals surface area contributed by atoms with Crippen molar-refractivity contribution in [1.82, 2.24) is 9.88 Å². The van der Waals surface area contributed by atoms with Crippen molar-refractivity contribution in [2.75, 3.05) is 19.0 Å². The van der Waals surface area contributed by atoms with Gasteiger partial charge in [-0.25, -0.2) is 10.8 Å². The summed E-state index contributed by atoms with van der Waals surface area (Å²) < 4.78 is 0. The zero-order valence-electron chi connectivity index (χ0n) is 8.77. The van der Waals surface area contributed by atoms with E-state index in [1.165, 1.54) is 0 Å². The second kappa shape index (κ2) is 5.96. The third kappa shape index (κ3) is 3.94. The molecule has 15 heavy (non-hydrogen) atoms. The molecule has 1 aromatic heterocycles. The van der Waals surface area contributed by atoms with Crippen LogP contribution in [0.4, 0.5) is 5.82 Å². The molecule has 0 aliphatic heterocycles. The lowest BCUT2D eigenvalue weighted by atomic mass is 10.3. The third-order valence-corrected chi connectivity index (χ3v) is 1.99. The van der Waals surface area contributed by atoms with Gasteiger partial charge in [-0.2, -0.15) is 5.26 Å². The fraction of sp³-hybridized carbons (Fsp3) is 0.400. The highest BCUT2D eigenvalue weighted by Gasteiger charge is 2.01. The maximum atomic E-state index is 8.44. The van der Waals surface area contributed by atoms with Crippen LogP contribution in [0.5, 0.6) is 0 Å². The van der Waals surface area contributed by atoms with Crippen LogP contribution in [-0.2, 0) is 6.54 Å². The Labute approximate surface area is 89.5 Å². The summed E-state index contributed by atoms with van der Waals surface area (Å²) in [7, 11) is 1.96. The van der Waals surface area contributed by atoms with Crippen LogP contribution in [-0.4, -0.2) is 23.5 Å². The van der Waals surface area contributed by atoms with E-state index < -0.39 is 0 Å². The molecule has 1 aromatic rings. The van der Waals surface area contributed by atoms with Gasteiger partial charge in [-0.15, -0.1) is 0 Å². The molecule has 0 amide bonds. The smallest absolute Gasteiger partial charge is 0.140 e. The number of pyridine rings is 1. The van der Waals surface area contributed by atoms with E-state index in [-0.39, 0.29) is 0 Å². The normalized spacial score (nSPS) is 10.0. The maximum absolute atomic E-state index is 8.44. The highest BCUT2D eigenvalue weighted by Crippen LogP contribution is 2.05. The number of rotatable bonds is 5. The van der Waals surface area contributed by atoms with Crippen LogP contribution in [0, 0.1) is 11.3 Å². The Morgan fingerprint density at radius 1 is 1.60 bits per heavy atom. The first-order valence-corrected chi connectivity index (χ1v) is 4.74. The molecule has 0 saturated heterocycles. The second-order valence-electron chi connectivity index (χ2n) is 3.30. The molecule has 0 atom stereocenters. The molecule has 1 rings (SSSR count). The van der Waals surface area contributed by atoms with Gasteiger partial charge in [-0.3, -0.25) is 4.90 Å². The number of hydrazine groups is 1. The van der Waals surface area contributed by atoms with E-state index in [1.54, 1.807) is 6.07 Å². The number of nitrogens with one attached hydrogen (secondary N) is 1. The fourth-order valence-electron chi connectivity index (χ4n) is 1.24. The maximum Gasteiger partial charge on any atom is 0.140 e. The molecule has 5 heteroatoms. The number of hydrogen-bond acceptors (Lipinski definition) is 5. The Morgan fingerprint density at radius 3 is 3.07 bits per heavy atom. The van der Waals surface area contributed by atoms with Gasteiger partial charge < -0.3 is 5.43 Å². The summed E-state index contributed by atoms with van der Waals surface area (Å²) in [5.74, 6) is 5.91. The predicted molar refractivity (Wildman–Crippen MR) is 58.6 cm³/mol. The van der Waals surface area contributed by atoms with E-state index in [0.29, 0.717) is 12.2 Å². The molecule has 5 nitrogen and oxygen atoms in total. The largest absolute Gasteiger partial charge is 0.308 e. The summed E-state index contributed by atoms with van der Waals surface area (Å²) in [5, 5.41) is 8.44. The number of nitrogens with zero attached hydrogens (tertiary/aromatic N) is 3. The molecule has 3 N–H and O–H groups in total. The van der Waals surface area contributed by atoms with Crippen molar-refractivity contribution in [2.45, 2.75) is 13.0 Å². The van der Waals surface area contributed by atoms with Gasteiger partial charge in [0.1, 0.15) is 5.82 Å². The Bertz CT molecular complexity index is 344. The zero-order chi connectivity index (χ0) is 11.1. The molecule has 0 saturated carbocycles. The van der Waals surface area contributed by atoms with Crippen LogP contribution in [0.25, 0.3) is 0 Å². The molecule has 1 heterocycles. The monoisotopic (exact) mass is 205 g/mol. The van der Waals surface area contributed by atoms with E-state index in [0.717, 1.165) is 18.8 Å². The molecule has 0 bridgehead atoms. The number of nitriles is 1. The van der Waals surface area contributed by atoms with Crippen LogP contribution < -0.4 is 11.3 Å². The molecule has 0 unspecified atom stereocenters. The summed E-state index contributed by atoms with van der Waals surface area (Å²) >= 11 is 0. The minimum atomic E-state index is 0.533. The molecular weight excluding hydrogens is 190 g/mol. The van der Waals surface area contributed by atoms with Gasteiger partial charge in [0.05, 0.1) is 11.8 Å². The SMILES string of the molecule is CN(CCC#N)Cc1cccc(NN)n1. The van der Waals surface area contributed by atoms with Crippen LogP contribution in [0.3, 0.4) is 0 Å². The number of aromatic nitrogens is 1. The molecule has 0 aliphatic carbocycles. The molecule has 0 aliphatic rings. The van der Waals surface area contributed by atoms with Gasteiger partial charge in [-0.05, 0) is 19.2 Å². The van der Waals surface area contributed by atoms with Crippen molar-refractivity contribution in [2.24, 2.45) is 5.84 Å². The molecule has 80 valence electrons. The van der Waals surface area contributed by atoms with Gasteiger partial charge in [-0.1, -0.05) is 6.07 Å². The fourth-order valence-corrected chi connectivity index (χ4v) is 1.24. The second-order valence-corrected chi connectivity index (χ2v) is 3.30. The Balaban J connectivity index is 2.52. The molecule has 0 aromatic carbocycles. The number of anilines is 1. The molecule has 0 radical (unpaired) electrons. The summed E-state index contributed by atoms with van der Waals surface area (Å²) in [6.45, 7) is 1.47. The van der Waals surface area contributed by atoms with Crippen LogP contribution in [0.2, 0.25) is 0 Å². The number of nitrogens with two attached hydrogens (primary N) is 1. The first-order valence-electron chi connectivity index (χ1n) is 4.74. The van der Waals surface area contributed by atoms with Crippen molar-refractivity contribution in [3.8, 4) is 6.07 Å². The quantitative estimate of drug-likeness (QED) is 0.547. The third-order valence-electron chi connectivity index (χ3n) is 1.99. The highest BCUT2D eigenvalue weighted by molar-refractivity contribution is 5.33. The molecular formula is C10H15N5. The minimum absolute atomic E-state index is 0.533. The zero-order valence-corrected chi connectivity index (χ0v) is 8.77. The summed E-state index contributed by atoms with van der Waals surface area (Å²) in [6.07, 6.45) is 0.533. The van der Waals surface area contributed by atoms with Crippen LogP contribution in [0.1, 0.15) is 12.1 Å². The average molecular weight is 205 g/mol. The van der Waals surface area contributed by atoms with Gasteiger partial charge >= 0.3 is 0 Å². The van der Waals surface area contributed by atoms with E-state index in [4.69, 9.17) is 11.1 Å². The minimum Gasteiger partial charge on any atom is -0.308 e. The van der Waals surface area contributed by atoms with Crippen molar-refractivity contribution < 1.29 is 0 Å². The van der Waals surface area contributed by atoms with Gasteiger partial charge in [0.2, 0.25) is 0 Å². The number of hydrogen-bond donors (Lipinski definition) is 2. The predicted octanol–water partition coefficient (Wildman–Crippen LogP) is 0.713. The first-order chi connectivity index (χ1) is 7.26. The first kappa shape index (κ1) is 11.4. The Morgan fingerprint density at radius 2 is 2.40 bits per heavy atom. The van der Waals surface area contributed by atoms with Gasteiger partial charge in [0.15, 0.2) is 0 Å².